The number of likely N-dealkylation sites (N-methyl/N-ethyl adjacent to an activating group) is 1. The molecule has 3 unspecified atom stereocenters. The largest absolute Gasteiger partial charge is 0.454 e. The Kier molecular flexibility index (Phi) is 7.33. The van der Waals surface area contributed by atoms with Crippen LogP contribution in [0.4, 0.5) is 5.69 Å². The maximum atomic E-state index is 14.0. The summed E-state index contributed by atoms with van der Waals surface area (Å²) in [5, 5.41) is 41.4. The van der Waals surface area contributed by atoms with Crippen LogP contribution in [-0.2, 0) is 23.7 Å². The zero-order valence-electron chi connectivity index (χ0n) is 26.0. The molecule has 6 rings (SSSR count). The molecule has 5 aliphatic rings. The van der Waals surface area contributed by atoms with Gasteiger partial charge in [0.1, 0.15) is 22.4 Å². The molecule has 43 heavy (non-hydrogen) atoms. The van der Waals surface area contributed by atoms with E-state index in [1.165, 1.54) is 14.0 Å². The molecule has 238 valence electrons. The minimum atomic E-state index is -1.98. The normalized spacial score (nSPS) is 46.6. The van der Waals surface area contributed by atoms with Crippen LogP contribution in [0.25, 0.3) is 0 Å². The van der Waals surface area contributed by atoms with E-state index in [0.717, 1.165) is 0 Å². The summed E-state index contributed by atoms with van der Waals surface area (Å²) in [6, 6.07) is 6.17. The first-order valence-corrected chi connectivity index (χ1v) is 15.4. The molecule has 4 aliphatic carbocycles. The molecule has 11 heteroatoms. The highest BCUT2D eigenvalue weighted by atomic mass is 16.6. The average Bonchev–Trinajstić information content (AvgIpc) is 3.19. The number of carbonyl (C=O) groups is 2. The number of ether oxygens (including phenoxy) is 4. The van der Waals surface area contributed by atoms with E-state index >= 15 is 0 Å². The number of anilines is 1. The third-order valence-corrected chi connectivity index (χ3v) is 12.2. The summed E-state index contributed by atoms with van der Waals surface area (Å²) in [4.78, 5) is 28.0. The summed E-state index contributed by atoms with van der Waals surface area (Å²) in [6.07, 6.45) is -0.136. The molecule has 4 N–H and O–H groups in total. The summed E-state index contributed by atoms with van der Waals surface area (Å²) in [5.74, 6) is -1.94. The van der Waals surface area contributed by atoms with Crippen LogP contribution in [0.5, 0.6) is 0 Å². The zero-order valence-corrected chi connectivity index (χ0v) is 26.0. The fourth-order valence-corrected chi connectivity index (χ4v) is 10.7. The molecule has 0 radical (unpaired) electrons. The monoisotopic (exact) mass is 602 g/mol. The van der Waals surface area contributed by atoms with Crippen molar-refractivity contribution in [2.24, 2.45) is 17.3 Å². The highest BCUT2D eigenvalue weighted by Gasteiger charge is 2.90. The molecule has 4 saturated carbocycles. The third kappa shape index (κ3) is 3.67. The summed E-state index contributed by atoms with van der Waals surface area (Å²) in [7, 11) is 4.73. The Morgan fingerprint density at radius 1 is 1.05 bits per heavy atom. The van der Waals surface area contributed by atoms with Crippen molar-refractivity contribution >= 4 is 17.6 Å². The van der Waals surface area contributed by atoms with E-state index in [1.54, 1.807) is 38.5 Å². The summed E-state index contributed by atoms with van der Waals surface area (Å²) in [6.45, 7) is 6.18. The number of hydrogen-bond acceptors (Lipinski definition) is 10. The predicted octanol–water partition coefficient (Wildman–Crippen LogP) is 1.73. The van der Waals surface area contributed by atoms with Crippen LogP contribution in [0.2, 0.25) is 0 Å². The maximum Gasteiger partial charge on any atom is 0.340 e. The first-order valence-electron chi connectivity index (χ1n) is 15.4. The van der Waals surface area contributed by atoms with Gasteiger partial charge in [0.05, 0.1) is 35.6 Å². The van der Waals surface area contributed by atoms with Gasteiger partial charge in [-0.2, -0.15) is 0 Å². The molecule has 1 amide bonds. The number of para-hydroxylation sites is 1. The molecule has 5 bridgehead atoms. The van der Waals surface area contributed by atoms with Crippen molar-refractivity contribution in [3.8, 4) is 0 Å². The first-order chi connectivity index (χ1) is 20.3. The number of rotatable bonds is 7. The SMILES string of the molecule is CCN1C[C@]2(OC(=O)c3ccccc3NC(C)=O)CC[C@H](OC)C34C1C(O)(C[C@@H]32)[C@@]1(O)C[C@H](OC)C[C@H](OC)[C@@]1(O)[C@H]4C. The van der Waals surface area contributed by atoms with Gasteiger partial charge in [0, 0.05) is 64.9 Å². The number of likely N-dealkylation sites (tertiary alicyclic amines) is 1. The lowest BCUT2D eigenvalue weighted by Gasteiger charge is -2.73. The predicted molar refractivity (Wildman–Crippen MR) is 155 cm³/mol. The quantitative estimate of drug-likeness (QED) is 0.340. The average molecular weight is 603 g/mol. The summed E-state index contributed by atoms with van der Waals surface area (Å²) in [5.41, 5.74) is -6.94. The van der Waals surface area contributed by atoms with Crippen molar-refractivity contribution < 1.29 is 43.9 Å². The number of amides is 1. The standard InChI is InChI=1S/C32H46N2O9/c1-7-34-17-28(43-26(36)21-10-8-9-11-22(21)33-19(3)35)13-12-24(41-5)31-18(2)32(39)25(42-6)14-20(40-4)15-30(32,38)29(37,27(31)34)16-23(28)31/h8-11,18,20,23-25,27,37-39H,7,12-17H2,1-6H3,(H,33,35)/t18-,20+,23+,24-,25-,27?,28+,29?,30-,31?,32-/m0/s1. The van der Waals surface area contributed by atoms with Crippen molar-refractivity contribution in [3.63, 3.8) is 0 Å². The number of benzene rings is 1. The summed E-state index contributed by atoms with van der Waals surface area (Å²) >= 11 is 0. The van der Waals surface area contributed by atoms with Crippen LogP contribution in [0.3, 0.4) is 0 Å². The first kappa shape index (κ1) is 30.9. The van der Waals surface area contributed by atoms with Crippen LogP contribution >= 0.6 is 0 Å². The Morgan fingerprint density at radius 2 is 1.74 bits per heavy atom. The van der Waals surface area contributed by atoms with E-state index < -0.39 is 63.9 Å². The van der Waals surface area contributed by atoms with Gasteiger partial charge in [-0.15, -0.1) is 0 Å². The Bertz CT molecular complexity index is 1300. The van der Waals surface area contributed by atoms with E-state index in [0.29, 0.717) is 38.0 Å². The minimum absolute atomic E-state index is 0.0338. The number of hydrogen-bond donors (Lipinski definition) is 4. The van der Waals surface area contributed by atoms with E-state index in [4.69, 9.17) is 18.9 Å². The molecule has 1 aromatic carbocycles. The van der Waals surface area contributed by atoms with Gasteiger partial charge in [-0.1, -0.05) is 26.0 Å². The topological polar surface area (TPSA) is 147 Å². The van der Waals surface area contributed by atoms with E-state index in [2.05, 4.69) is 10.2 Å². The molecule has 11 nitrogen and oxygen atoms in total. The number of carbonyl (C=O) groups excluding carboxylic acids is 2. The second kappa shape index (κ2) is 10.2. The number of nitrogens with one attached hydrogen (secondary N) is 1. The maximum absolute atomic E-state index is 14.0. The second-order valence-electron chi connectivity index (χ2n) is 13.5. The second-order valence-corrected chi connectivity index (χ2v) is 13.5. The number of aliphatic hydroxyl groups is 3. The van der Waals surface area contributed by atoms with Crippen molar-refractivity contribution in [1.82, 2.24) is 4.90 Å². The molecular formula is C32H46N2O9. The van der Waals surface area contributed by atoms with Crippen LogP contribution < -0.4 is 5.32 Å². The van der Waals surface area contributed by atoms with Gasteiger partial charge in [0.15, 0.2) is 0 Å². The third-order valence-electron chi connectivity index (χ3n) is 12.2. The number of nitrogens with zero attached hydrogens (tertiary/aromatic N) is 1. The van der Waals surface area contributed by atoms with Gasteiger partial charge in [-0.25, -0.2) is 4.79 Å². The highest BCUT2D eigenvalue weighted by molar-refractivity contribution is 6.00. The molecule has 1 heterocycles. The van der Waals surface area contributed by atoms with Gasteiger partial charge in [-0.05, 0) is 37.9 Å². The van der Waals surface area contributed by atoms with E-state index in [9.17, 15) is 24.9 Å². The van der Waals surface area contributed by atoms with Crippen molar-refractivity contribution in [1.29, 1.82) is 0 Å². The molecule has 11 atom stereocenters. The van der Waals surface area contributed by atoms with Gasteiger partial charge in [0.25, 0.3) is 0 Å². The minimum Gasteiger partial charge on any atom is -0.454 e. The van der Waals surface area contributed by atoms with Gasteiger partial charge in [0.2, 0.25) is 5.91 Å². The number of fused-ring (bicyclic) bond motifs is 2. The fraction of sp³-hybridized carbons (Fsp3) is 0.750. The lowest BCUT2D eigenvalue weighted by molar-refractivity contribution is -0.382. The van der Waals surface area contributed by atoms with E-state index in [-0.39, 0.29) is 30.4 Å². The smallest absolute Gasteiger partial charge is 0.340 e. The number of methoxy groups -OCH3 is 3. The lowest BCUT2D eigenvalue weighted by Crippen LogP contribution is -2.89. The lowest BCUT2D eigenvalue weighted by atomic mass is 9.41. The van der Waals surface area contributed by atoms with E-state index in [1.807, 2.05) is 13.8 Å². The molecule has 1 saturated heterocycles. The van der Waals surface area contributed by atoms with Crippen molar-refractivity contribution in [2.45, 2.75) is 99.6 Å². The van der Waals surface area contributed by atoms with Crippen LogP contribution in [0.1, 0.15) is 63.2 Å². The highest BCUT2D eigenvalue weighted by Crippen LogP contribution is 2.77. The van der Waals surface area contributed by atoms with Gasteiger partial charge >= 0.3 is 5.97 Å². The van der Waals surface area contributed by atoms with Crippen molar-refractivity contribution in [2.75, 3.05) is 39.7 Å². The Balaban J connectivity index is 1.53. The Hall–Kier alpha value is -2.12. The zero-order chi connectivity index (χ0) is 31.2. The van der Waals surface area contributed by atoms with Crippen LogP contribution in [-0.4, -0.2) is 113 Å². The Labute approximate surface area is 252 Å². The Morgan fingerprint density at radius 3 is 2.37 bits per heavy atom. The fourth-order valence-electron chi connectivity index (χ4n) is 10.7. The number of esters is 1. The summed E-state index contributed by atoms with van der Waals surface area (Å²) < 4.78 is 24.4. The molecule has 5 fully saturated rings. The molecular weight excluding hydrogens is 556 g/mol. The van der Waals surface area contributed by atoms with Crippen LogP contribution in [0.15, 0.2) is 24.3 Å². The number of piperidine rings is 1. The van der Waals surface area contributed by atoms with Gasteiger partial charge < -0.3 is 39.6 Å². The van der Waals surface area contributed by atoms with Crippen LogP contribution in [0, 0.1) is 17.3 Å². The molecule has 0 aromatic heterocycles. The molecule has 1 aliphatic heterocycles. The van der Waals surface area contributed by atoms with Gasteiger partial charge in [-0.3, -0.25) is 9.69 Å². The molecule has 1 spiro atoms. The van der Waals surface area contributed by atoms with Crippen molar-refractivity contribution in [3.05, 3.63) is 29.8 Å². The molecule has 1 aromatic rings.